The van der Waals surface area contributed by atoms with E-state index >= 15 is 0 Å². The molecule has 1 rings (SSSR count). The van der Waals surface area contributed by atoms with Crippen molar-refractivity contribution in [1.29, 1.82) is 0 Å². The number of sulfonamides is 1. The molecule has 1 saturated heterocycles. The average molecular weight is 222 g/mol. The van der Waals surface area contributed by atoms with Crippen molar-refractivity contribution in [3.63, 3.8) is 0 Å². The molecule has 82 valence electrons. The van der Waals surface area contributed by atoms with Crippen LogP contribution in [0.5, 0.6) is 0 Å². The Bertz CT molecular complexity index is 314. The van der Waals surface area contributed by atoms with Crippen LogP contribution in [0.2, 0.25) is 0 Å². The smallest absolute Gasteiger partial charge is 0.320 e. The summed E-state index contributed by atoms with van der Waals surface area (Å²) in [6.45, 7) is 0.836. The molecule has 6 nitrogen and oxygen atoms in total. The standard InChI is InChI=1S/C7H14N2O4S/c8-14(12,13)5-4-9-3-1-2-6(9)7(10)11/h6H,1-5H2,(H,10,11)(H2,8,12,13). The van der Waals surface area contributed by atoms with Crippen molar-refractivity contribution in [2.75, 3.05) is 18.8 Å². The molecule has 1 aliphatic rings. The van der Waals surface area contributed by atoms with E-state index in [1.807, 2.05) is 0 Å². The van der Waals surface area contributed by atoms with E-state index < -0.39 is 22.0 Å². The van der Waals surface area contributed by atoms with E-state index in [0.29, 0.717) is 13.0 Å². The van der Waals surface area contributed by atoms with Gasteiger partial charge in [0.25, 0.3) is 0 Å². The molecule has 0 radical (unpaired) electrons. The molecule has 1 heterocycles. The molecule has 1 fully saturated rings. The van der Waals surface area contributed by atoms with E-state index in [4.69, 9.17) is 10.2 Å². The molecule has 3 N–H and O–H groups in total. The van der Waals surface area contributed by atoms with Gasteiger partial charge in [0, 0.05) is 6.54 Å². The second-order valence-corrected chi connectivity index (χ2v) is 5.13. The number of carboxylic acid groups (broad SMARTS) is 1. The molecule has 0 amide bonds. The lowest BCUT2D eigenvalue weighted by atomic mass is 10.2. The molecular formula is C7H14N2O4S. The first-order valence-electron chi connectivity index (χ1n) is 4.37. The van der Waals surface area contributed by atoms with Gasteiger partial charge < -0.3 is 5.11 Å². The number of aliphatic carboxylic acids is 1. The van der Waals surface area contributed by atoms with Crippen LogP contribution in [0.4, 0.5) is 0 Å². The zero-order chi connectivity index (χ0) is 10.8. The first-order chi connectivity index (χ1) is 6.40. The summed E-state index contributed by atoms with van der Waals surface area (Å²) in [7, 11) is -3.50. The SMILES string of the molecule is NS(=O)(=O)CCN1CCCC1C(=O)O. The summed E-state index contributed by atoms with van der Waals surface area (Å²) in [6.07, 6.45) is 1.38. The van der Waals surface area contributed by atoms with Crippen LogP contribution >= 0.6 is 0 Å². The Balaban J connectivity index is 2.48. The van der Waals surface area contributed by atoms with E-state index in [-0.39, 0.29) is 12.3 Å². The fourth-order valence-electron chi connectivity index (χ4n) is 1.62. The fraction of sp³-hybridized carbons (Fsp3) is 0.857. The number of primary sulfonamides is 1. The van der Waals surface area contributed by atoms with Crippen LogP contribution in [-0.2, 0) is 14.8 Å². The summed E-state index contributed by atoms with van der Waals surface area (Å²) in [5.74, 6) is -1.08. The lowest BCUT2D eigenvalue weighted by Crippen LogP contribution is -2.39. The molecule has 0 saturated carbocycles. The Labute approximate surface area is 82.7 Å². The zero-order valence-electron chi connectivity index (χ0n) is 7.72. The third-order valence-electron chi connectivity index (χ3n) is 2.31. The number of carboxylic acids is 1. The lowest BCUT2D eigenvalue weighted by Gasteiger charge is -2.19. The number of likely N-dealkylation sites (tertiary alicyclic amines) is 1. The molecule has 1 unspecified atom stereocenters. The lowest BCUT2D eigenvalue weighted by molar-refractivity contribution is -0.142. The molecule has 0 aromatic rings. The highest BCUT2D eigenvalue weighted by Crippen LogP contribution is 2.16. The molecule has 0 aliphatic carbocycles. The minimum atomic E-state index is -3.50. The van der Waals surface area contributed by atoms with E-state index in [2.05, 4.69) is 0 Å². The van der Waals surface area contributed by atoms with Crippen molar-refractivity contribution >= 4 is 16.0 Å². The minimum Gasteiger partial charge on any atom is -0.480 e. The number of hydrogen-bond donors (Lipinski definition) is 2. The quantitative estimate of drug-likeness (QED) is 0.623. The molecule has 0 bridgehead atoms. The van der Waals surface area contributed by atoms with Crippen LogP contribution in [0, 0.1) is 0 Å². The maximum Gasteiger partial charge on any atom is 0.320 e. The van der Waals surface area contributed by atoms with Crippen molar-refractivity contribution in [1.82, 2.24) is 4.90 Å². The van der Waals surface area contributed by atoms with E-state index in [9.17, 15) is 13.2 Å². The van der Waals surface area contributed by atoms with Crippen LogP contribution < -0.4 is 5.14 Å². The Morgan fingerprint density at radius 1 is 1.57 bits per heavy atom. The second-order valence-electron chi connectivity index (χ2n) is 3.40. The van der Waals surface area contributed by atoms with E-state index in [1.165, 1.54) is 0 Å². The molecule has 1 atom stereocenters. The highest BCUT2D eigenvalue weighted by Gasteiger charge is 2.30. The summed E-state index contributed by atoms with van der Waals surface area (Å²) >= 11 is 0. The highest BCUT2D eigenvalue weighted by molar-refractivity contribution is 7.89. The fourth-order valence-corrected chi connectivity index (χ4v) is 2.11. The zero-order valence-corrected chi connectivity index (χ0v) is 8.53. The number of rotatable bonds is 4. The molecule has 1 aliphatic heterocycles. The maximum atomic E-state index is 10.7. The normalized spacial score (nSPS) is 23.9. The summed E-state index contributed by atoms with van der Waals surface area (Å²) < 4.78 is 21.3. The predicted octanol–water partition coefficient (Wildman–Crippen LogP) is -1.18. The van der Waals surface area contributed by atoms with Crippen LogP contribution in [0.25, 0.3) is 0 Å². The Hall–Kier alpha value is -0.660. The number of nitrogens with zero attached hydrogens (tertiary/aromatic N) is 1. The Kier molecular flexibility index (Phi) is 3.46. The molecule has 0 spiro atoms. The number of carbonyl (C=O) groups is 1. The molecular weight excluding hydrogens is 208 g/mol. The van der Waals surface area contributed by atoms with Crippen LogP contribution in [-0.4, -0.2) is 49.3 Å². The van der Waals surface area contributed by atoms with Gasteiger partial charge in [-0.1, -0.05) is 0 Å². The van der Waals surface area contributed by atoms with Gasteiger partial charge in [-0.2, -0.15) is 0 Å². The third-order valence-corrected chi connectivity index (χ3v) is 3.06. The van der Waals surface area contributed by atoms with E-state index in [1.54, 1.807) is 4.90 Å². The largest absolute Gasteiger partial charge is 0.480 e. The summed E-state index contributed by atoms with van der Waals surface area (Å²) in [6, 6.07) is -0.545. The van der Waals surface area contributed by atoms with Gasteiger partial charge in [0.2, 0.25) is 10.0 Å². The van der Waals surface area contributed by atoms with Gasteiger partial charge in [0.05, 0.1) is 5.75 Å². The van der Waals surface area contributed by atoms with Crippen molar-refractivity contribution in [2.45, 2.75) is 18.9 Å². The highest BCUT2D eigenvalue weighted by atomic mass is 32.2. The first-order valence-corrected chi connectivity index (χ1v) is 6.09. The molecule has 0 aromatic carbocycles. The van der Waals surface area contributed by atoms with Gasteiger partial charge in [-0.05, 0) is 19.4 Å². The van der Waals surface area contributed by atoms with Gasteiger partial charge in [0.15, 0.2) is 0 Å². The van der Waals surface area contributed by atoms with Crippen molar-refractivity contribution in [3.05, 3.63) is 0 Å². The van der Waals surface area contributed by atoms with Gasteiger partial charge >= 0.3 is 5.97 Å². The monoisotopic (exact) mass is 222 g/mol. The number of nitrogens with two attached hydrogens (primary N) is 1. The predicted molar refractivity (Wildman–Crippen MR) is 50.2 cm³/mol. The van der Waals surface area contributed by atoms with E-state index in [0.717, 1.165) is 6.42 Å². The number of hydrogen-bond acceptors (Lipinski definition) is 4. The third kappa shape index (κ3) is 3.24. The maximum absolute atomic E-state index is 10.7. The molecule has 7 heteroatoms. The van der Waals surface area contributed by atoms with Gasteiger partial charge in [-0.25, -0.2) is 13.6 Å². The summed E-state index contributed by atoms with van der Waals surface area (Å²) in [5.41, 5.74) is 0. The van der Waals surface area contributed by atoms with Crippen LogP contribution in [0.3, 0.4) is 0 Å². The Morgan fingerprint density at radius 2 is 2.21 bits per heavy atom. The Morgan fingerprint density at radius 3 is 2.71 bits per heavy atom. The second kappa shape index (κ2) is 4.24. The van der Waals surface area contributed by atoms with Gasteiger partial charge in [0.1, 0.15) is 6.04 Å². The summed E-state index contributed by atoms with van der Waals surface area (Å²) in [4.78, 5) is 12.4. The van der Waals surface area contributed by atoms with Crippen molar-refractivity contribution in [3.8, 4) is 0 Å². The van der Waals surface area contributed by atoms with Crippen molar-refractivity contribution < 1.29 is 18.3 Å². The van der Waals surface area contributed by atoms with Crippen LogP contribution in [0.15, 0.2) is 0 Å². The average Bonchev–Trinajstić information content (AvgIpc) is 2.46. The molecule has 14 heavy (non-hydrogen) atoms. The topological polar surface area (TPSA) is 101 Å². The van der Waals surface area contributed by atoms with Gasteiger partial charge in [-0.15, -0.1) is 0 Å². The van der Waals surface area contributed by atoms with Crippen LogP contribution in [0.1, 0.15) is 12.8 Å². The molecule has 0 aromatic heterocycles. The summed E-state index contributed by atoms with van der Waals surface area (Å²) in [5, 5.41) is 13.6. The minimum absolute atomic E-state index is 0.184. The van der Waals surface area contributed by atoms with Gasteiger partial charge in [-0.3, -0.25) is 9.69 Å². The first kappa shape index (κ1) is 11.4. The van der Waals surface area contributed by atoms with Crippen molar-refractivity contribution in [2.24, 2.45) is 5.14 Å².